The molecule has 0 aliphatic carbocycles. The molecule has 4 rings (SSSR count). The van der Waals surface area contributed by atoms with Crippen LogP contribution in [0.2, 0.25) is 0 Å². The largest absolute Gasteiger partial charge is 0.472 e. The van der Waals surface area contributed by atoms with Crippen molar-refractivity contribution in [2.75, 3.05) is 0 Å². The van der Waals surface area contributed by atoms with Crippen LogP contribution in [0.5, 0.6) is 0 Å². The number of hydrogen-bond donors (Lipinski definition) is 1. The predicted molar refractivity (Wildman–Crippen MR) is 78.1 cm³/mol. The van der Waals surface area contributed by atoms with Gasteiger partial charge in [-0.3, -0.25) is 9.78 Å². The Labute approximate surface area is 125 Å². The molecule has 1 N–H and O–H groups in total. The van der Waals surface area contributed by atoms with Gasteiger partial charge in [-0.1, -0.05) is 0 Å². The molecule has 0 bridgehead atoms. The fourth-order valence-corrected chi connectivity index (χ4v) is 2.32. The van der Waals surface area contributed by atoms with Gasteiger partial charge >= 0.3 is 0 Å². The Hall–Kier alpha value is -3.16. The molecule has 0 radical (unpaired) electrons. The van der Waals surface area contributed by atoms with E-state index in [0.29, 0.717) is 11.6 Å². The Bertz CT molecular complexity index is 913. The van der Waals surface area contributed by atoms with E-state index < -0.39 is 0 Å². The zero-order chi connectivity index (χ0) is 15.1. The molecule has 0 unspecified atom stereocenters. The zero-order valence-electron chi connectivity index (χ0n) is 12.1. The van der Waals surface area contributed by atoms with Crippen LogP contribution >= 0.6 is 0 Å². The highest BCUT2D eigenvalue weighted by molar-refractivity contribution is 5.63. The normalized spacial score (nSPS) is 11.2. The smallest absolute Gasteiger partial charge is 0.185 e. The summed E-state index contributed by atoms with van der Waals surface area (Å²) in [6, 6.07) is 3.73. The molecule has 0 aliphatic rings. The van der Waals surface area contributed by atoms with Crippen molar-refractivity contribution >= 4 is 0 Å². The number of nitrogens with one attached hydrogen (secondary N) is 1. The van der Waals surface area contributed by atoms with Crippen molar-refractivity contribution in [2.24, 2.45) is 7.05 Å². The second kappa shape index (κ2) is 4.69. The van der Waals surface area contributed by atoms with Gasteiger partial charge in [-0.2, -0.15) is 14.9 Å². The van der Waals surface area contributed by atoms with Gasteiger partial charge in [0.25, 0.3) is 0 Å². The van der Waals surface area contributed by atoms with Crippen LogP contribution in [0.25, 0.3) is 28.6 Å². The molecular weight excluding hydrogens is 282 g/mol. The second-order valence-corrected chi connectivity index (χ2v) is 4.90. The number of aromatic amines is 1. The molecule has 0 atom stereocenters. The molecule has 110 valence electrons. The van der Waals surface area contributed by atoms with Gasteiger partial charge in [0.1, 0.15) is 6.26 Å². The summed E-state index contributed by atoms with van der Waals surface area (Å²) in [5, 5.41) is 15.7. The van der Waals surface area contributed by atoms with Gasteiger partial charge in [0.2, 0.25) is 0 Å². The Morgan fingerprint density at radius 3 is 2.82 bits per heavy atom. The summed E-state index contributed by atoms with van der Waals surface area (Å²) < 4.78 is 8.66. The summed E-state index contributed by atoms with van der Waals surface area (Å²) in [5.41, 5.74) is 2.63. The van der Waals surface area contributed by atoms with Gasteiger partial charge in [0, 0.05) is 18.8 Å². The van der Waals surface area contributed by atoms with Gasteiger partial charge in [0.15, 0.2) is 17.5 Å². The van der Waals surface area contributed by atoms with Crippen molar-refractivity contribution in [1.82, 2.24) is 34.7 Å². The van der Waals surface area contributed by atoms with Crippen molar-refractivity contribution in [1.29, 1.82) is 0 Å². The van der Waals surface area contributed by atoms with Gasteiger partial charge in [-0.05, 0) is 13.0 Å². The first-order valence-corrected chi connectivity index (χ1v) is 6.72. The highest BCUT2D eigenvalue weighted by Crippen LogP contribution is 2.26. The van der Waals surface area contributed by atoms with Crippen molar-refractivity contribution in [3.05, 3.63) is 42.7 Å². The molecule has 0 spiro atoms. The molecule has 4 aromatic rings. The molecule has 8 nitrogen and oxygen atoms in total. The topological polar surface area (TPSA) is 90.4 Å². The van der Waals surface area contributed by atoms with Crippen molar-refractivity contribution in [3.63, 3.8) is 0 Å². The second-order valence-electron chi connectivity index (χ2n) is 4.90. The Kier molecular flexibility index (Phi) is 2.68. The van der Waals surface area contributed by atoms with E-state index >= 15 is 0 Å². The summed E-state index contributed by atoms with van der Waals surface area (Å²) in [6.45, 7) is 1.94. The third-order valence-electron chi connectivity index (χ3n) is 3.47. The van der Waals surface area contributed by atoms with Crippen LogP contribution in [0.4, 0.5) is 0 Å². The summed E-state index contributed by atoms with van der Waals surface area (Å²) in [6.07, 6.45) is 6.69. The van der Waals surface area contributed by atoms with E-state index in [1.807, 2.05) is 26.1 Å². The maximum atomic E-state index is 5.17. The highest BCUT2D eigenvalue weighted by atomic mass is 16.3. The van der Waals surface area contributed by atoms with Crippen LogP contribution in [0.3, 0.4) is 0 Å². The van der Waals surface area contributed by atoms with Crippen LogP contribution in [-0.4, -0.2) is 34.7 Å². The molecule has 22 heavy (non-hydrogen) atoms. The SMILES string of the molecule is Cc1[nH]ncc1-c1nc(-c2ccoc2)n(-c2ccnn2C)n1. The van der Waals surface area contributed by atoms with E-state index in [-0.39, 0.29) is 0 Å². The molecule has 0 saturated carbocycles. The number of rotatable bonds is 3. The Balaban J connectivity index is 1.95. The lowest BCUT2D eigenvalue weighted by atomic mass is 10.2. The standard InChI is InChI=1S/C14H13N7O/c1-9-11(7-15-18-9)13-17-14(10-4-6-22-8-10)21(19-13)12-3-5-16-20(12)2/h3-8H,1-2H3,(H,15,18). The fraction of sp³-hybridized carbons (Fsp3) is 0.143. The van der Waals surface area contributed by atoms with Crippen LogP contribution < -0.4 is 0 Å². The number of hydrogen-bond acceptors (Lipinski definition) is 5. The van der Waals surface area contributed by atoms with Gasteiger partial charge < -0.3 is 4.42 Å². The first-order chi connectivity index (χ1) is 10.7. The van der Waals surface area contributed by atoms with Crippen LogP contribution in [-0.2, 0) is 7.05 Å². The number of aromatic nitrogens is 7. The highest BCUT2D eigenvalue weighted by Gasteiger charge is 2.19. The maximum Gasteiger partial charge on any atom is 0.185 e. The molecule has 0 aliphatic heterocycles. The predicted octanol–water partition coefficient (Wildman–Crippen LogP) is 1.96. The molecule has 0 amide bonds. The lowest BCUT2D eigenvalue weighted by Gasteiger charge is -2.03. The van der Waals surface area contributed by atoms with Crippen molar-refractivity contribution < 1.29 is 4.42 Å². The van der Waals surface area contributed by atoms with Crippen LogP contribution in [0.15, 0.2) is 41.5 Å². The quantitative estimate of drug-likeness (QED) is 0.624. The summed E-state index contributed by atoms with van der Waals surface area (Å²) in [7, 11) is 1.86. The maximum absolute atomic E-state index is 5.17. The average Bonchev–Trinajstić information content (AvgIpc) is 3.23. The first kappa shape index (κ1) is 12.6. The minimum absolute atomic E-state index is 0.601. The molecule has 4 heterocycles. The van der Waals surface area contributed by atoms with Gasteiger partial charge in [-0.15, -0.1) is 5.10 Å². The summed E-state index contributed by atoms with van der Waals surface area (Å²) in [4.78, 5) is 4.64. The molecule has 4 aromatic heterocycles. The zero-order valence-corrected chi connectivity index (χ0v) is 12.1. The first-order valence-electron chi connectivity index (χ1n) is 6.72. The lowest BCUT2D eigenvalue weighted by Crippen LogP contribution is -2.06. The van der Waals surface area contributed by atoms with Gasteiger partial charge in [0.05, 0.1) is 29.8 Å². The van der Waals surface area contributed by atoms with Gasteiger partial charge in [-0.25, -0.2) is 4.98 Å². The van der Waals surface area contributed by atoms with E-state index in [1.165, 1.54) is 0 Å². The monoisotopic (exact) mass is 295 g/mol. The fourth-order valence-electron chi connectivity index (χ4n) is 2.32. The molecule has 0 saturated heterocycles. The Morgan fingerprint density at radius 1 is 1.27 bits per heavy atom. The third kappa shape index (κ3) is 1.85. The Morgan fingerprint density at radius 2 is 2.18 bits per heavy atom. The van der Waals surface area contributed by atoms with E-state index in [4.69, 9.17) is 4.42 Å². The van der Waals surface area contributed by atoms with E-state index in [9.17, 15) is 0 Å². The van der Waals surface area contributed by atoms with Crippen molar-refractivity contribution in [2.45, 2.75) is 6.92 Å². The number of H-pyrrole nitrogens is 1. The number of furan rings is 1. The van der Waals surface area contributed by atoms with E-state index in [2.05, 4.69) is 25.4 Å². The molecular formula is C14H13N7O. The summed E-state index contributed by atoms with van der Waals surface area (Å²) in [5.74, 6) is 2.10. The molecule has 8 heteroatoms. The minimum Gasteiger partial charge on any atom is -0.472 e. The minimum atomic E-state index is 0.601. The summed E-state index contributed by atoms with van der Waals surface area (Å²) >= 11 is 0. The van der Waals surface area contributed by atoms with Crippen LogP contribution in [0.1, 0.15) is 5.69 Å². The number of aryl methyl sites for hydroxylation is 2. The molecule has 0 aromatic carbocycles. The van der Waals surface area contributed by atoms with Crippen molar-refractivity contribution in [3.8, 4) is 28.6 Å². The number of nitrogens with zero attached hydrogens (tertiary/aromatic N) is 6. The third-order valence-corrected chi connectivity index (χ3v) is 3.47. The average molecular weight is 295 g/mol. The lowest BCUT2D eigenvalue weighted by molar-refractivity contribution is 0.567. The van der Waals surface area contributed by atoms with Crippen LogP contribution in [0, 0.1) is 6.92 Å². The van der Waals surface area contributed by atoms with E-state index in [0.717, 1.165) is 22.6 Å². The molecule has 0 fully saturated rings. The van der Waals surface area contributed by atoms with E-state index in [1.54, 1.807) is 34.3 Å².